The van der Waals surface area contributed by atoms with E-state index in [1.54, 1.807) is 0 Å². The van der Waals surface area contributed by atoms with Gasteiger partial charge in [-0.3, -0.25) is 0 Å². The van der Waals surface area contributed by atoms with E-state index in [1.165, 1.54) is 24.3 Å². The van der Waals surface area contributed by atoms with E-state index in [4.69, 9.17) is 17.3 Å². The number of benzene rings is 2. The Bertz CT molecular complexity index is 586. The summed E-state index contributed by atoms with van der Waals surface area (Å²) in [6, 6.07) is 6.65. The third-order valence-electron chi connectivity index (χ3n) is 2.62. The molecule has 0 radical (unpaired) electrons. The molecule has 0 bridgehead atoms. The highest BCUT2D eigenvalue weighted by Crippen LogP contribution is 2.26. The predicted molar refractivity (Wildman–Crippen MR) is 63.8 cm³/mol. The van der Waals surface area contributed by atoms with Gasteiger partial charge in [0.2, 0.25) is 0 Å². The lowest BCUT2D eigenvalue weighted by molar-refractivity contribution is 0.494. The molecule has 0 amide bonds. The smallest absolute Gasteiger partial charge is 0.163 e. The summed E-state index contributed by atoms with van der Waals surface area (Å²) in [6.07, 6.45) is 0. The first-order chi connectivity index (χ1) is 8.50. The van der Waals surface area contributed by atoms with Gasteiger partial charge in [-0.15, -0.1) is 0 Å². The quantitative estimate of drug-likeness (QED) is 0.883. The zero-order valence-corrected chi connectivity index (χ0v) is 9.89. The molecular formula is C13H9ClF3N. The normalized spacial score (nSPS) is 12.5. The van der Waals surface area contributed by atoms with Crippen LogP contribution < -0.4 is 5.73 Å². The molecule has 0 heterocycles. The third kappa shape index (κ3) is 2.35. The Hall–Kier alpha value is -1.52. The van der Waals surface area contributed by atoms with Gasteiger partial charge in [-0.05, 0) is 23.8 Å². The number of halogens is 4. The van der Waals surface area contributed by atoms with E-state index in [1.807, 2.05) is 0 Å². The van der Waals surface area contributed by atoms with Gasteiger partial charge in [-0.1, -0.05) is 29.8 Å². The standard InChI is InChI=1S/C13H9ClF3N/c14-9-6-7(4-5-10(9)15)13(18)8-2-1-3-11(16)12(8)17/h1-6,13H,18H2. The summed E-state index contributed by atoms with van der Waals surface area (Å²) >= 11 is 5.62. The summed E-state index contributed by atoms with van der Waals surface area (Å²) in [4.78, 5) is 0. The molecule has 0 aliphatic heterocycles. The highest BCUT2D eigenvalue weighted by molar-refractivity contribution is 6.30. The maximum absolute atomic E-state index is 13.6. The van der Waals surface area contributed by atoms with E-state index in [0.717, 1.165) is 12.1 Å². The summed E-state index contributed by atoms with van der Waals surface area (Å²) in [6.45, 7) is 0. The van der Waals surface area contributed by atoms with Gasteiger partial charge in [-0.2, -0.15) is 0 Å². The van der Waals surface area contributed by atoms with Gasteiger partial charge in [0.25, 0.3) is 0 Å². The molecule has 1 unspecified atom stereocenters. The van der Waals surface area contributed by atoms with Crippen LogP contribution in [-0.4, -0.2) is 0 Å². The van der Waals surface area contributed by atoms with E-state index in [9.17, 15) is 13.2 Å². The first kappa shape index (κ1) is 12.9. The van der Waals surface area contributed by atoms with Gasteiger partial charge in [-0.25, -0.2) is 13.2 Å². The minimum atomic E-state index is -1.01. The Labute approximate surface area is 107 Å². The molecule has 18 heavy (non-hydrogen) atoms. The zero-order valence-electron chi connectivity index (χ0n) is 9.13. The lowest BCUT2D eigenvalue weighted by atomic mass is 9.99. The van der Waals surface area contributed by atoms with Crippen molar-refractivity contribution < 1.29 is 13.2 Å². The minimum Gasteiger partial charge on any atom is -0.320 e. The van der Waals surface area contributed by atoms with Crippen LogP contribution in [0.5, 0.6) is 0 Å². The largest absolute Gasteiger partial charge is 0.320 e. The first-order valence-corrected chi connectivity index (χ1v) is 5.53. The Balaban J connectivity index is 2.44. The van der Waals surface area contributed by atoms with E-state index in [-0.39, 0.29) is 10.6 Å². The lowest BCUT2D eigenvalue weighted by Gasteiger charge is -2.14. The van der Waals surface area contributed by atoms with Gasteiger partial charge >= 0.3 is 0 Å². The van der Waals surface area contributed by atoms with Crippen LogP contribution in [0.1, 0.15) is 17.2 Å². The average molecular weight is 272 g/mol. The Kier molecular flexibility index (Phi) is 3.59. The maximum Gasteiger partial charge on any atom is 0.163 e. The van der Waals surface area contributed by atoms with Crippen LogP contribution in [0.2, 0.25) is 5.02 Å². The molecule has 0 spiro atoms. The third-order valence-corrected chi connectivity index (χ3v) is 2.91. The van der Waals surface area contributed by atoms with Gasteiger partial charge in [0.05, 0.1) is 11.1 Å². The van der Waals surface area contributed by atoms with Crippen molar-refractivity contribution in [2.24, 2.45) is 5.73 Å². The number of nitrogens with two attached hydrogens (primary N) is 1. The fraction of sp³-hybridized carbons (Fsp3) is 0.0769. The second-order valence-electron chi connectivity index (χ2n) is 3.79. The summed E-state index contributed by atoms with van der Waals surface area (Å²) < 4.78 is 39.6. The molecular weight excluding hydrogens is 263 g/mol. The lowest BCUT2D eigenvalue weighted by Crippen LogP contribution is -2.14. The second kappa shape index (κ2) is 5.00. The number of hydrogen-bond acceptors (Lipinski definition) is 1. The van der Waals surface area contributed by atoms with Crippen molar-refractivity contribution in [3.05, 3.63) is 70.0 Å². The molecule has 0 fully saturated rings. The molecule has 0 saturated carbocycles. The van der Waals surface area contributed by atoms with Crippen molar-refractivity contribution in [2.75, 3.05) is 0 Å². The number of rotatable bonds is 2. The molecule has 0 aliphatic carbocycles. The van der Waals surface area contributed by atoms with E-state index >= 15 is 0 Å². The van der Waals surface area contributed by atoms with Crippen LogP contribution in [-0.2, 0) is 0 Å². The fourth-order valence-corrected chi connectivity index (χ4v) is 1.84. The Morgan fingerprint density at radius 1 is 1.00 bits per heavy atom. The Morgan fingerprint density at radius 2 is 1.72 bits per heavy atom. The zero-order chi connectivity index (χ0) is 13.3. The molecule has 2 aromatic carbocycles. The molecule has 2 N–H and O–H groups in total. The highest BCUT2D eigenvalue weighted by Gasteiger charge is 2.17. The molecule has 0 aliphatic rings. The van der Waals surface area contributed by atoms with Gasteiger partial charge in [0, 0.05) is 5.56 Å². The van der Waals surface area contributed by atoms with Crippen LogP contribution >= 0.6 is 11.6 Å². The predicted octanol–water partition coefficient (Wildman–Crippen LogP) is 3.81. The summed E-state index contributed by atoms with van der Waals surface area (Å²) in [7, 11) is 0. The number of hydrogen-bond donors (Lipinski definition) is 1. The van der Waals surface area contributed by atoms with Crippen molar-refractivity contribution >= 4 is 11.6 Å². The van der Waals surface area contributed by atoms with Crippen LogP contribution in [0.15, 0.2) is 36.4 Å². The molecule has 0 aromatic heterocycles. The van der Waals surface area contributed by atoms with Crippen molar-refractivity contribution in [1.29, 1.82) is 0 Å². The van der Waals surface area contributed by atoms with Crippen molar-refractivity contribution in [1.82, 2.24) is 0 Å². The van der Waals surface area contributed by atoms with Crippen LogP contribution in [0.25, 0.3) is 0 Å². The molecule has 1 atom stereocenters. The van der Waals surface area contributed by atoms with E-state index in [2.05, 4.69) is 0 Å². The topological polar surface area (TPSA) is 26.0 Å². The second-order valence-corrected chi connectivity index (χ2v) is 4.20. The molecule has 1 nitrogen and oxygen atoms in total. The van der Waals surface area contributed by atoms with Crippen molar-refractivity contribution in [3.8, 4) is 0 Å². The minimum absolute atomic E-state index is 0.00215. The summed E-state index contributed by atoms with van der Waals surface area (Å²) in [5.41, 5.74) is 6.22. The van der Waals surface area contributed by atoms with Crippen LogP contribution in [0.3, 0.4) is 0 Å². The van der Waals surface area contributed by atoms with E-state index in [0.29, 0.717) is 5.56 Å². The highest BCUT2D eigenvalue weighted by atomic mass is 35.5. The summed E-state index contributed by atoms with van der Waals surface area (Å²) in [5, 5.41) is -0.111. The molecule has 5 heteroatoms. The van der Waals surface area contributed by atoms with Gasteiger partial charge in [0.1, 0.15) is 5.82 Å². The van der Waals surface area contributed by atoms with Crippen molar-refractivity contribution in [2.45, 2.75) is 6.04 Å². The Morgan fingerprint density at radius 3 is 2.39 bits per heavy atom. The monoisotopic (exact) mass is 271 g/mol. The molecule has 94 valence electrons. The fourth-order valence-electron chi connectivity index (χ4n) is 1.65. The van der Waals surface area contributed by atoms with Gasteiger partial charge < -0.3 is 5.73 Å². The molecule has 0 saturated heterocycles. The van der Waals surface area contributed by atoms with E-state index < -0.39 is 23.5 Å². The maximum atomic E-state index is 13.6. The van der Waals surface area contributed by atoms with Gasteiger partial charge in [0.15, 0.2) is 11.6 Å². The molecule has 2 rings (SSSR count). The van der Waals surface area contributed by atoms with Crippen LogP contribution in [0, 0.1) is 17.5 Å². The molecule has 2 aromatic rings. The summed E-state index contributed by atoms with van der Waals surface area (Å²) in [5.74, 6) is -2.58. The average Bonchev–Trinajstić information content (AvgIpc) is 2.35. The van der Waals surface area contributed by atoms with Crippen LogP contribution in [0.4, 0.5) is 13.2 Å². The SMILES string of the molecule is NC(c1ccc(F)c(Cl)c1)c1cccc(F)c1F. The first-order valence-electron chi connectivity index (χ1n) is 5.15. The van der Waals surface area contributed by atoms with Crippen molar-refractivity contribution in [3.63, 3.8) is 0 Å².